The highest BCUT2D eigenvalue weighted by Crippen LogP contribution is 2.23. The van der Waals surface area contributed by atoms with Crippen molar-refractivity contribution in [1.29, 1.82) is 0 Å². The molecule has 25 heavy (non-hydrogen) atoms. The third-order valence-corrected chi connectivity index (χ3v) is 4.31. The molecule has 0 spiro atoms. The van der Waals surface area contributed by atoms with Crippen LogP contribution >= 0.6 is 0 Å². The fourth-order valence-electron chi connectivity index (χ4n) is 2.98. The molecule has 0 aliphatic carbocycles. The van der Waals surface area contributed by atoms with Crippen molar-refractivity contribution in [2.75, 3.05) is 55.8 Å². The van der Waals surface area contributed by atoms with Crippen LogP contribution in [0, 0.1) is 6.92 Å². The van der Waals surface area contributed by atoms with E-state index >= 15 is 0 Å². The average Bonchev–Trinajstić information content (AvgIpc) is 3.09. The van der Waals surface area contributed by atoms with Crippen LogP contribution in [0.4, 0.5) is 23.1 Å². The lowest BCUT2D eigenvalue weighted by Gasteiger charge is -2.18. The van der Waals surface area contributed by atoms with Crippen LogP contribution in [0.5, 0.6) is 0 Å². The zero-order valence-corrected chi connectivity index (χ0v) is 15.4. The number of benzene rings is 1. The molecule has 134 valence electrons. The average molecular weight is 340 g/mol. The smallest absolute Gasteiger partial charge is 0.224 e. The summed E-state index contributed by atoms with van der Waals surface area (Å²) >= 11 is 0. The van der Waals surface area contributed by atoms with E-state index in [9.17, 15) is 0 Å². The zero-order valence-electron chi connectivity index (χ0n) is 15.4. The lowest BCUT2D eigenvalue weighted by atomic mass is 10.2. The molecule has 0 radical (unpaired) electrons. The summed E-state index contributed by atoms with van der Waals surface area (Å²) in [5.41, 5.74) is 3.28. The highest BCUT2D eigenvalue weighted by atomic mass is 15.2. The number of aromatic nitrogens is 2. The summed E-state index contributed by atoms with van der Waals surface area (Å²) in [6, 6.07) is 10.6. The first kappa shape index (κ1) is 17.5. The van der Waals surface area contributed by atoms with Gasteiger partial charge in [0, 0.05) is 49.3 Å². The Hall–Kier alpha value is -2.34. The molecule has 1 fully saturated rings. The van der Waals surface area contributed by atoms with E-state index in [0.29, 0.717) is 5.95 Å². The van der Waals surface area contributed by atoms with Crippen molar-refractivity contribution in [1.82, 2.24) is 14.9 Å². The Balaban J connectivity index is 1.64. The first-order valence-corrected chi connectivity index (χ1v) is 8.96. The van der Waals surface area contributed by atoms with Gasteiger partial charge in [-0.1, -0.05) is 0 Å². The normalized spacial score (nSPS) is 14.2. The van der Waals surface area contributed by atoms with E-state index in [-0.39, 0.29) is 0 Å². The molecule has 0 saturated carbocycles. The van der Waals surface area contributed by atoms with Gasteiger partial charge in [0.25, 0.3) is 0 Å². The van der Waals surface area contributed by atoms with Crippen molar-refractivity contribution < 1.29 is 0 Å². The van der Waals surface area contributed by atoms with Gasteiger partial charge in [0.15, 0.2) is 0 Å². The van der Waals surface area contributed by atoms with Crippen LogP contribution in [-0.2, 0) is 0 Å². The molecule has 0 bridgehead atoms. The molecule has 0 amide bonds. The second kappa shape index (κ2) is 8.16. The number of likely N-dealkylation sites (N-methyl/N-ethyl adjacent to an activating group) is 1. The van der Waals surface area contributed by atoms with Crippen LogP contribution in [0.15, 0.2) is 30.3 Å². The highest BCUT2D eigenvalue weighted by Gasteiger charge is 2.12. The Morgan fingerprint density at radius 1 is 1.08 bits per heavy atom. The minimum Gasteiger partial charge on any atom is -0.372 e. The number of nitrogens with one attached hydrogen (secondary N) is 2. The minimum atomic E-state index is 0.665. The van der Waals surface area contributed by atoms with Crippen molar-refractivity contribution >= 4 is 23.1 Å². The van der Waals surface area contributed by atoms with Gasteiger partial charge in [0.05, 0.1) is 0 Å². The first-order chi connectivity index (χ1) is 12.1. The fourth-order valence-corrected chi connectivity index (χ4v) is 2.98. The Kier molecular flexibility index (Phi) is 5.71. The molecule has 2 heterocycles. The van der Waals surface area contributed by atoms with Gasteiger partial charge in [-0.2, -0.15) is 4.98 Å². The molecule has 1 aromatic heterocycles. The Bertz CT molecular complexity index is 677. The number of hydrogen-bond donors (Lipinski definition) is 2. The molecule has 0 atom stereocenters. The van der Waals surface area contributed by atoms with Gasteiger partial charge in [-0.3, -0.25) is 0 Å². The van der Waals surface area contributed by atoms with Gasteiger partial charge in [-0.05, 0) is 58.1 Å². The van der Waals surface area contributed by atoms with E-state index in [0.717, 1.165) is 30.3 Å². The number of aryl methyl sites for hydroxylation is 1. The van der Waals surface area contributed by atoms with Crippen molar-refractivity contribution in [2.45, 2.75) is 19.8 Å². The Morgan fingerprint density at radius 2 is 1.80 bits per heavy atom. The molecule has 2 N–H and O–H groups in total. The van der Waals surface area contributed by atoms with E-state index < -0.39 is 0 Å². The van der Waals surface area contributed by atoms with Gasteiger partial charge >= 0.3 is 0 Å². The van der Waals surface area contributed by atoms with Crippen molar-refractivity contribution in [3.8, 4) is 0 Å². The molecular weight excluding hydrogens is 312 g/mol. The van der Waals surface area contributed by atoms with Crippen LogP contribution in [0.2, 0.25) is 0 Å². The van der Waals surface area contributed by atoms with Crippen LogP contribution in [0.1, 0.15) is 18.5 Å². The molecule has 6 heteroatoms. The quantitative estimate of drug-likeness (QED) is 0.808. The fraction of sp³-hybridized carbons (Fsp3) is 0.474. The van der Waals surface area contributed by atoms with Gasteiger partial charge in [0.2, 0.25) is 5.95 Å². The highest BCUT2D eigenvalue weighted by molar-refractivity contribution is 5.61. The number of anilines is 4. The SMILES string of the molecule is Cc1cc(Nc2ccc(N3CCCC3)cc2)nc(NCCN(C)C)n1. The van der Waals surface area contributed by atoms with E-state index in [4.69, 9.17) is 0 Å². The maximum atomic E-state index is 4.56. The van der Waals surface area contributed by atoms with Gasteiger partial charge in [-0.25, -0.2) is 4.98 Å². The van der Waals surface area contributed by atoms with E-state index in [1.54, 1.807) is 0 Å². The van der Waals surface area contributed by atoms with Crippen molar-refractivity contribution in [3.05, 3.63) is 36.0 Å². The van der Waals surface area contributed by atoms with Crippen molar-refractivity contribution in [3.63, 3.8) is 0 Å². The lowest BCUT2D eigenvalue weighted by Crippen LogP contribution is -2.21. The largest absolute Gasteiger partial charge is 0.372 e. The molecule has 1 saturated heterocycles. The Morgan fingerprint density at radius 3 is 2.48 bits per heavy atom. The van der Waals surface area contributed by atoms with Gasteiger partial charge < -0.3 is 20.4 Å². The zero-order chi connectivity index (χ0) is 17.6. The molecule has 3 rings (SSSR count). The lowest BCUT2D eigenvalue weighted by molar-refractivity contribution is 0.425. The Labute approximate surface area is 150 Å². The number of nitrogens with zero attached hydrogens (tertiary/aromatic N) is 4. The molecule has 1 aliphatic rings. The summed E-state index contributed by atoms with van der Waals surface area (Å²) in [4.78, 5) is 13.6. The second-order valence-corrected chi connectivity index (χ2v) is 6.81. The summed E-state index contributed by atoms with van der Waals surface area (Å²) in [7, 11) is 4.11. The molecular formula is C19H28N6. The predicted molar refractivity (Wildman–Crippen MR) is 105 cm³/mol. The van der Waals surface area contributed by atoms with Gasteiger partial charge in [0.1, 0.15) is 5.82 Å². The number of hydrogen-bond acceptors (Lipinski definition) is 6. The molecule has 2 aromatic rings. The maximum Gasteiger partial charge on any atom is 0.224 e. The summed E-state index contributed by atoms with van der Waals surface area (Å²) in [5, 5.41) is 6.66. The molecule has 6 nitrogen and oxygen atoms in total. The van der Waals surface area contributed by atoms with Crippen LogP contribution in [0.3, 0.4) is 0 Å². The van der Waals surface area contributed by atoms with E-state index in [1.165, 1.54) is 31.6 Å². The minimum absolute atomic E-state index is 0.665. The third-order valence-electron chi connectivity index (χ3n) is 4.31. The number of rotatable bonds is 7. The molecule has 1 aromatic carbocycles. The summed E-state index contributed by atoms with van der Waals surface area (Å²) in [6.45, 7) is 6.08. The first-order valence-electron chi connectivity index (χ1n) is 8.96. The summed E-state index contributed by atoms with van der Waals surface area (Å²) in [5.74, 6) is 1.48. The third kappa shape index (κ3) is 5.06. The summed E-state index contributed by atoms with van der Waals surface area (Å²) in [6.07, 6.45) is 2.59. The van der Waals surface area contributed by atoms with E-state index in [1.807, 2.05) is 13.0 Å². The predicted octanol–water partition coefficient (Wildman–Crippen LogP) is 3.10. The second-order valence-electron chi connectivity index (χ2n) is 6.81. The monoisotopic (exact) mass is 340 g/mol. The van der Waals surface area contributed by atoms with Crippen LogP contribution in [-0.4, -0.2) is 55.1 Å². The topological polar surface area (TPSA) is 56.3 Å². The van der Waals surface area contributed by atoms with Crippen LogP contribution < -0.4 is 15.5 Å². The summed E-state index contributed by atoms with van der Waals surface area (Å²) < 4.78 is 0. The molecule has 1 aliphatic heterocycles. The molecule has 0 unspecified atom stereocenters. The standard InChI is InChI=1S/C19H28N6/c1-15-14-18(23-19(21-15)20-10-13-24(2)3)22-16-6-8-17(9-7-16)25-11-4-5-12-25/h6-9,14H,4-5,10-13H2,1-3H3,(H2,20,21,22,23). The van der Waals surface area contributed by atoms with Crippen LogP contribution in [0.25, 0.3) is 0 Å². The maximum absolute atomic E-state index is 4.56. The van der Waals surface area contributed by atoms with Gasteiger partial charge in [-0.15, -0.1) is 0 Å². The van der Waals surface area contributed by atoms with Crippen molar-refractivity contribution in [2.24, 2.45) is 0 Å². The van der Waals surface area contributed by atoms with E-state index in [2.05, 4.69) is 68.8 Å².